The highest BCUT2D eigenvalue weighted by atomic mass is 32.2. The highest BCUT2D eigenvalue weighted by molar-refractivity contribution is 7.82. The second kappa shape index (κ2) is 8.59. The number of hydrogen-bond donors (Lipinski definition) is 0. The first-order valence-electron chi connectivity index (χ1n) is 11.5. The van der Waals surface area contributed by atoms with Gasteiger partial charge in [0.25, 0.3) is 0 Å². The maximum absolute atomic E-state index is 14.7. The number of piperidine rings is 1. The van der Waals surface area contributed by atoms with Crippen LogP contribution in [-0.4, -0.2) is 42.4 Å². The molecule has 2 aliphatic heterocycles. The van der Waals surface area contributed by atoms with Crippen LogP contribution in [0.15, 0.2) is 59.5 Å². The van der Waals surface area contributed by atoms with Gasteiger partial charge >= 0.3 is 6.29 Å². The summed E-state index contributed by atoms with van der Waals surface area (Å²) < 4.78 is 67.4. The Balaban J connectivity index is 1.27. The zero-order valence-electron chi connectivity index (χ0n) is 19.2. The van der Waals surface area contributed by atoms with E-state index in [2.05, 4.69) is 9.47 Å². The van der Waals surface area contributed by atoms with Crippen molar-refractivity contribution in [2.24, 2.45) is 0 Å². The van der Waals surface area contributed by atoms with E-state index in [1.54, 1.807) is 22.5 Å². The zero-order chi connectivity index (χ0) is 25.0. The number of aromatic nitrogens is 3. The number of fused-ring (bicyclic) bond motifs is 2. The fraction of sp³-hybridized carbons (Fsp3) is 0.280. The summed E-state index contributed by atoms with van der Waals surface area (Å²) in [5, 5.41) is 0. The van der Waals surface area contributed by atoms with Gasteiger partial charge < -0.3 is 14.0 Å². The van der Waals surface area contributed by atoms with Gasteiger partial charge in [0.1, 0.15) is 28.1 Å². The molecule has 7 nitrogen and oxygen atoms in total. The standard InChI is InChI=1S/C25H21F3N4O3S/c1-15-6-8-20-24(29-15)32(23(30-20)18-4-2-3-5-19(18)26)16-10-12-31(13-11-16)36(33)17-7-9-21-22(14-17)35-25(27,28)34-21/h2-9,14,16H,10-13H2,1H3. The molecule has 36 heavy (non-hydrogen) atoms. The molecule has 0 saturated carbocycles. The van der Waals surface area contributed by atoms with Gasteiger partial charge in [-0.15, -0.1) is 8.78 Å². The largest absolute Gasteiger partial charge is 0.586 e. The van der Waals surface area contributed by atoms with Crippen LogP contribution in [0.5, 0.6) is 11.5 Å². The molecule has 4 heterocycles. The molecule has 0 bridgehead atoms. The Bertz CT molecular complexity index is 1500. The van der Waals surface area contributed by atoms with E-state index >= 15 is 0 Å². The van der Waals surface area contributed by atoms with Crippen molar-refractivity contribution in [3.05, 3.63) is 66.1 Å². The summed E-state index contributed by atoms with van der Waals surface area (Å²) in [7, 11) is -1.57. The van der Waals surface area contributed by atoms with E-state index in [1.807, 2.05) is 23.6 Å². The van der Waals surface area contributed by atoms with E-state index in [0.29, 0.717) is 53.4 Å². The van der Waals surface area contributed by atoms with Crippen molar-refractivity contribution >= 4 is 22.1 Å². The first kappa shape index (κ1) is 23.0. The number of benzene rings is 2. The van der Waals surface area contributed by atoms with Gasteiger partial charge in [-0.25, -0.2) is 22.9 Å². The summed E-state index contributed by atoms with van der Waals surface area (Å²) in [5.41, 5.74) is 2.60. The van der Waals surface area contributed by atoms with Crippen LogP contribution >= 0.6 is 0 Å². The van der Waals surface area contributed by atoms with Crippen LogP contribution in [0.1, 0.15) is 24.6 Å². The zero-order valence-corrected chi connectivity index (χ0v) is 20.0. The van der Waals surface area contributed by atoms with E-state index in [1.165, 1.54) is 24.3 Å². The quantitative estimate of drug-likeness (QED) is 0.373. The van der Waals surface area contributed by atoms with Crippen molar-refractivity contribution in [2.45, 2.75) is 37.0 Å². The highest BCUT2D eigenvalue weighted by Gasteiger charge is 2.43. The molecule has 4 aromatic rings. The Kier molecular flexibility index (Phi) is 5.49. The minimum Gasteiger partial charge on any atom is -0.395 e. The number of hydrogen-bond acceptors (Lipinski definition) is 5. The SMILES string of the molecule is Cc1ccc2nc(-c3ccccc3F)n(C3CCN(S(=O)c4ccc5c(c4)OC(F)(F)O5)CC3)c2n1. The molecule has 2 aromatic carbocycles. The van der Waals surface area contributed by atoms with E-state index in [9.17, 15) is 17.4 Å². The monoisotopic (exact) mass is 514 g/mol. The molecule has 2 aromatic heterocycles. The first-order valence-corrected chi connectivity index (χ1v) is 12.6. The first-order chi connectivity index (χ1) is 17.3. The Labute approximate surface area is 207 Å². The Morgan fingerprint density at radius 2 is 1.75 bits per heavy atom. The van der Waals surface area contributed by atoms with Gasteiger partial charge in [0.15, 0.2) is 17.1 Å². The fourth-order valence-corrected chi connectivity index (χ4v) is 5.93. The van der Waals surface area contributed by atoms with E-state index in [-0.39, 0.29) is 23.4 Å². The van der Waals surface area contributed by atoms with Crippen molar-refractivity contribution in [3.8, 4) is 22.9 Å². The van der Waals surface area contributed by atoms with Gasteiger partial charge in [-0.05, 0) is 56.2 Å². The lowest BCUT2D eigenvalue weighted by atomic mass is 10.1. The molecule has 186 valence electrons. The number of pyridine rings is 1. The van der Waals surface area contributed by atoms with Crippen molar-refractivity contribution < 1.29 is 26.9 Å². The van der Waals surface area contributed by atoms with Gasteiger partial charge in [-0.3, -0.25) is 0 Å². The topological polar surface area (TPSA) is 69.5 Å². The minimum absolute atomic E-state index is 0.0393. The van der Waals surface area contributed by atoms with Gasteiger partial charge in [0.05, 0.1) is 10.5 Å². The molecule has 0 radical (unpaired) electrons. The minimum atomic E-state index is -3.73. The summed E-state index contributed by atoms with van der Waals surface area (Å²) >= 11 is 0. The molecule has 2 aliphatic rings. The molecule has 1 saturated heterocycles. The van der Waals surface area contributed by atoms with Crippen molar-refractivity contribution in [2.75, 3.05) is 13.1 Å². The molecule has 6 rings (SSSR count). The number of imidazole rings is 1. The average Bonchev–Trinajstić information content (AvgIpc) is 3.38. The number of alkyl halides is 2. The lowest BCUT2D eigenvalue weighted by molar-refractivity contribution is -0.286. The number of nitrogens with zero attached hydrogens (tertiary/aromatic N) is 4. The van der Waals surface area contributed by atoms with E-state index < -0.39 is 17.3 Å². The van der Waals surface area contributed by atoms with Crippen LogP contribution in [0.25, 0.3) is 22.6 Å². The fourth-order valence-electron chi connectivity index (χ4n) is 4.70. The van der Waals surface area contributed by atoms with Crippen molar-refractivity contribution in [1.29, 1.82) is 0 Å². The third-order valence-electron chi connectivity index (χ3n) is 6.39. The molecule has 1 unspecified atom stereocenters. The lowest BCUT2D eigenvalue weighted by Gasteiger charge is -2.32. The molecule has 11 heteroatoms. The number of halogens is 3. The summed E-state index contributed by atoms with van der Waals surface area (Å²) in [6.07, 6.45) is -2.48. The summed E-state index contributed by atoms with van der Waals surface area (Å²) in [4.78, 5) is 9.75. The average molecular weight is 515 g/mol. The Morgan fingerprint density at radius 3 is 2.53 bits per heavy atom. The van der Waals surface area contributed by atoms with E-state index in [4.69, 9.17) is 9.97 Å². The van der Waals surface area contributed by atoms with E-state index in [0.717, 1.165) is 5.69 Å². The van der Waals surface area contributed by atoms with Crippen LogP contribution in [0.3, 0.4) is 0 Å². The highest BCUT2D eigenvalue weighted by Crippen LogP contribution is 2.42. The number of ether oxygens (including phenoxy) is 2. The third kappa shape index (κ3) is 4.01. The van der Waals surface area contributed by atoms with Crippen LogP contribution in [0.2, 0.25) is 0 Å². The molecular weight excluding hydrogens is 493 g/mol. The second-order valence-corrected chi connectivity index (χ2v) is 10.3. The van der Waals surface area contributed by atoms with Crippen molar-refractivity contribution in [3.63, 3.8) is 0 Å². The summed E-state index contributed by atoms with van der Waals surface area (Å²) in [6, 6.07) is 14.4. The molecule has 0 spiro atoms. The Hall–Kier alpha value is -3.44. The number of rotatable bonds is 4. The number of aryl methyl sites for hydroxylation is 1. The molecular formula is C25H21F3N4O3S. The van der Waals surface area contributed by atoms with Crippen LogP contribution < -0.4 is 9.47 Å². The van der Waals surface area contributed by atoms with Gasteiger partial charge in [0.2, 0.25) is 0 Å². The predicted octanol–water partition coefficient (Wildman–Crippen LogP) is 5.23. The van der Waals surface area contributed by atoms with Crippen LogP contribution in [0.4, 0.5) is 13.2 Å². The summed E-state index contributed by atoms with van der Waals surface area (Å²) in [6.45, 7) is 2.85. The third-order valence-corrected chi connectivity index (χ3v) is 7.88. The normalized spacial score (nSPS) is 18.6. The maximum Gasteiger partial charge on any atom is 0.586 e. The molecule has 0 aliphatic carbocycles. The maximum atomic E-state index is 14.7. The Morgan fingerprint density at radius 1 is 1.00 bits per heavy atom. The van der Waals surface area contributed by atoms with Gasteiger partial charge in [-0.2, -0.15) is 0 Å². The van der Waals surface area contributed by atoms with Gasteiger partial charge in [0, 0.05) is 30.9 Å². The van der Waals surface area contributed by atoms with Gasteiger partial charge in [-0.1, -0.05) is 12.1 Å². The van der Waals surface area contributed by atoms with Crippen LogP contribution in [0, 0.1) is 12.7 Å². The summed E-state index contributed by atoms with van der Waals surface area (Å²) in [5.74, 6) is -0.0771. The van der Waals surface area contributed by atoms with Crippen LogP contribution in [-0.2, 0) is 11.0 Å². The molecule has 0 N–H and O–H groups in total. The smallest absolute Gasteiger partial charge is 0.395 e. The van der Waals surface area contributed by atoms with Crippen molar-refractivity contribution in [1.82, 2.24) is 18.8 Å². The lowest BCUT2D eigenvalue weighted by Crippen LogP contribution is -2.36. The second-order valence-electron chi connectivity index (χ2n) is 8.77. The molecule has 1 fully saturated rings. The molecule has 0 amide bonds. The predicted molar refractivity (Wildman–Crippen MR) is 127 cm³/mol. The molecule has 1 atom stereocenters.